The van der Waals surface area contributed by atoms with Crippen LogP contribution in [-0.4, -0.2) is 7.11 Å². The average molecular weight is 261 g/mol. The van der Waals surface area contributed by atoms with Crippen molar-refractivity contribution in [1.29, 1.82) is 0 Å². The Morgan fingerprint density at radius 1 is 1.26 bits per heavy atom. The molecule has 2 rings (SSSR count). The summed E-state index contributed by atoms with van der Waals surface area (Å²) in [5.41, 5.74) is 10.2. The SMILES string of the molecule is COc1c(C2(N)CCC(C)CC2C)ccc(C)c1C. The van der Waals surface area contributed by atoms with Gasteiger partial charge in [0.1, 0.15) is 5.75 Å². The van der Waals surface area contributed by atoms with Crippen LogP contribution < -0.4 is 10.5 Å². The Labute approximate surface area is 117 Å². The number of hydrogen-bond donors (Lipinski definition) is 1. The van der Waals surface area contributed by atoms with Gasteiger partial charge in [0.2, 0.25) is 0 Å². The molecule has 1 aliphatic rings. The Balaban J connectivity index is 2.49. The van der Waals surface area contributed by atoms with Crippen LogP contribution in [0.3, 0.4) is 0 Å². The van der Waals surface area contributed by atoms with E-state index >= 15 is 0 Å². The van der Waals surface area contributed by atoms with Gasteiger partial charge in [0, 0.05) is 11.1 Å². The van der Waals surface area contributed by atoms with Gasteiger partial charge in [-0.3, -0.25) is 0 Å². The summed E-state index contributed by atoms with van der Waals surface area (Å²) < 4.78 is 5.67. The van der Waals surface area contributed by atoms with Crippen LogP contribution in [0.2, 0.25) is 0 Å². The quantitative estimate of drug-likeness (QED) is 0.875. The standard InChI is InChI=1S/C17H27NO/c1-11-8-9-17(18,13(3)10-11)15-7-6-12(2)14(4)16(15)19-5/h6-7,11,13H,8-10,18H2,1-5H3. The minimum absolute atomic E-state index is 0.240. The summed E-state index contributed by atoms with van der Waals surface area (Å²) in [6.07, 6.45) is 3.46. The van der Waals surface area contributed by atoms with Crippen molar-refractivity contribution in [2.24, 2.45) is 17.6 Å². The van der Waals surface area contributed by atoms with E-state index in [2.05, 4.69) is 39.8 Å². The molecule has 19 heavy (non-hydrogen) atoms. The summed E-state index contributed by atoms with van der Waals surface area (Å²) in [4.78, 5) is 0. The second-order valence-corrected chi connectivity index (χ2v) is 6.41. The highest BCUT2D eigenvalue weighted by molar-refractivity contribution is 5.49. The molecular formula is C17H27NO. The molecule has 2 nitrogen and oxygen atoms in total. The molecule has 3 atom stereocenters. The Morgan fingerprint density at radius 2 is 1.95 bits per heavy atom. The van der Waals surface area contributed by atoms with E-state index in [0.29, 0.717) is 5.92 Å². The van der Waals surface area contributed by atoms with E-state index in [9.17, 15) is 0 Å². The third kappa shape index (κ3) is 2.38. The van der Waals surface area contributed by atoms with Crippen molar-refractivity contribution < 1.29 is 4.74 Å². The molecule has 1 aliphatic carbocycles. The third-order valence-corrected chi connectivity index (χ3v) is 5.07. The molecule has 3 unspecified atom stereocenters. The van der Waals surface area contributed by atoms with Gasteiger partial charge in [0.25, 0.3) is 0 Å². The molecule has 0 heterocycles. The van der Waals surface area contributed by atoms with Gasteiger partial charge in [-0.2, -0.15) is 0 Å². The van der Waals surface area contributed by atoms with E-state index in [-0.39, 0.29) is 5.54 Å². The zero-order valence-electron chi connectivity index (χ0n) is 12.9. The number of benzene rings is 1. The molecule has 0 aromatic heterocycles. The van der Waals surface area contributed by atoms with Gasteiger partial charge in [0.15, 0.2) is 0 Å². The van der Waals surface area contributed by atoms with Gasteiger partial charge in [-0.1, -0.05) is 26.0 Å². The molecule has 0 saturated heterocycles. The lowest BCUT2D eigenvalue weighted by atomic mass is 9.67. The van der Waals surface area contributed by atoms with Crippen molar-refractivity contribution in [1.82, 2.24) is 0 Å². The molecule has 1 fully saturated rings. The Bertz CT molecular complexity index is 469. The summed E-state index contributed by atoms with van der Waals surface area (Å²) in [6, 6.07) is 4.35. The van der Waals surface area contributed by atoms with Gasteiger partial charge < -0.3 is 10.5 Å². The maximum absolute atomic E-state index is 6.80. The van der Waals surface area contributed by atoms with Gasteiger partial charge in [0.05, 0.1) is 7.11 Å². The Kier molecular flexibility index (Phi) is 3.91. The smallest absolute Gasteiger partial charge is 0.127 e. The first-order chi connectivity index (χ1) is 8.90. The van der Waals surface area contributed by atoms with E-state index < -0.39 is 0 Å². The van der Waals surface area contributed by atoms with Crippen molar-refractivity contribution >= 4 is 0 Å². The van der Waals surface area contributed by atoms with Crippen molar-refractivity contribution in [2.45, 2.75) is 52.5 Å². The number of ether oxygens (including phenoxy) is 1. The van der Waals surface area contributed by atoms with Gasteiger partial charge in [-0.25, -0.2) is 0 Å². The van der Waals surface area contributed by atoms with E-state index in [0.717, 1.165) is 18.1 Å². The molecule has 106 valence electrons. The largest absolute Gasteiger partial charge is 0.496 e. The van der Waals surface area contributed by atoms with Crippen LogP contribution >= 0.6 is 0 Å². The fourth-order valence-corrected chi connectivity index (χ4v) is 3.48. The summed E-state index contributed by atoms with van der Waals surface area (Å²) in [5.74, 6) is 2.26. The number of hydrogen-bond acceptors (Lipinski definition) is 2. The normalized spacial score (nSPS) is 31.3. The molecule has 1 aromatic carbocycles. The Hall–Kier alpha value is -1.02. The van der Waals surface area contributed by atoms with Crippen LogP contribution in [0.15, 0.2) is 12.1 Å². The molecule has 0 spiro atoms. The lowest BCUT2D eigenvalue weighted by Crippen LogP contribution is -2.47. The predicted molar refractivity (Wildman–Crippen MR) is 80.5 cm³/mol. The first-order valence-corrected chi connectivity index (χ1v) is 7.33. The fourth-order valence-electron chi connectivity index (χ4n) is 3.48. The lowest BCUT2D eigenvalue weighted by Gasteiger charge is -2.43. The van der Waals surface area contributed by atoms with E-state index in [1.807, 2.05) is 0 Å². The second kappa shape index (κ2) is 5.16. The molecule has 1 saturated carbocycles. The van der Waals surface area contributed by atoms with Crippen LogP contribution in [0.1, 0.15) is 49.8 Å². The average Bonchev–Trinajstić information content (AvgIpc) is 2.37. The first kappa shape index (κ1) is 14.4. The summed E-state index contributed by atoms with van der Waals surface area (Å²) >= 11 is 0. The summed E-state index contributed by atoms with van der Waals surface area (Å²) in [5, 5.41) is 0. The fraction of sp³-hybridized carbons (Fsp3) is 0.647. The minimum atomic E-state index is -0.240. The van der Waals surface area contributed by atoms with Crippen LogP contribution in [0.5, 0.6) is 5.75 Å². The van der Waals surface area contributed by atoms with Crippen LogP contribution in [-0.2, 0) is 5.54 Å². The maximum Gasteiger partial charge on any atom is 0.127 e. The second-order valence-electron chi connectivity index (χ2n) is 6.41. The number of methoxy groups -OCH3 is 1. The molecular weight excluding hydrogens is 234 g/mol. The molecule has 0 radical (unpaired) electrons. The van der Waals surface area contributed by atoms with Gasteiger partial charge >= 0.3 is 0 Å². The number of aryl methyl sites for hydroxylation is 1. The molecule has 2 heteroatoms. The lowest BCUT2D eigenvalue weighted by molar-refractivity contribution is 0.160. The highest BCUT2D eigenvalue weighted by atomic mass is 16.5. The molecule has 0 amide bonds. The minimum Gasteiger partial charge on any atom is -0.496 e. The Morgan fingerprint density at radius 3 is 2.53 bits per heavy atom. The third-order valence-electron chi connectivity index (χ3n) is 5.07. The van der Waals surface area contributed by atoms with Crippen molar-refractivity contribution in [2.75, 3.05) is 7.11 Å². The highest BCUT2D eigenvalue weighted by Crippen LogP contribution is 2.45. The molecule has 1 aromatic rings. The zero-order chi connectivity index (χ0) is 14.2. The number of nitrogens with two attached hydrogens (primary N) is 1. The van der Waals surface area contributed by atoms with Crippen LogP contribution in [0.4, 0.5) is 0 Å². The van der Waals surface area contributed by atoms with Gasteiger partial charge in [-0.15, -0.1) is 0 Å². The van der Waals surface area contributed by atoms with Crippen molar-refractivity contribution in [3.05, 3.63) is 28.8 Å². The van der Waals surface area contributed by atoms with E-state index in [4.69, 9.17) is 10.5 Å². The summed E-state index contributed by atoms with van der Waals surface area (Å²) in [6.45, 7) is 8.85. The van der Waals surface area contributed by atoms with Crippen molar-refractivity contribution in [3.63, 3.8) is 0 Å². The first-order valence-electron chi connectivity index (χ1n) is 7.33. The van der Waals surface area contributed by atoms with Crippen LogP contribution in [0.25, 0.3) is 0 Å². The predicted octanol–water partition coefficient (Wildman–Crippen LogP) is 3.92. The monoisotopic (exact) mass is 261 g/mol. The van der Waals surface area contributed by atoms with Gasteiger partial charge in [-0.05, 0) is 56.1 Å². The molecule has 0 aliphatic heterocycles. The topological polar surface area (TPSA) is 35.2 Å². The van der Waals surface area contributed by atoms with Crippen molar-refractivity contribution in [3.8, 4) is 5.75 Å². The molecule has 0 bridgehead atoms. The molecule has 2 N–H and O–H groups in total. The maximum atomic E-state index is 6.80. The highest BCUT2D eigenvalue weighted by Gasteiger charge is 2.40. The van der Waals surface area contributed by atoms with E-state index in [1.165, 1.54) is 29.5 Å². The van der Waals surface area contributed by atoms with Crippen LogP contribution in [0, 0.1) is 25.7 Å². The number of rotatable bonds is 2. The summed E-state index contributed by atoms with van der Waals surface area (Å²) in [7, 11) is 1.75. The van der Waals surface area contributed by atoms with E-state index in [1.54, 1.807) is 7.11 Å². The zero-order valence-corrected chi connectivity index (χ0v) is 12.9.